The molecule has 276 valence electrons. The first-order valence-electron chi connectivity index (χ1n) is 20.1. The number of para-hydroxylation sites is 1. The summed E-state index contributed by atoms with van der Waals surface area (Å²) in [5, 5.41) is 2.52. The maximum Gasteiger partial charge on any atom is 0.160 e. The van der Waals surface area contributed by atoms with Crippen molar-refractivity contribution in [3.8, 4) is 28.0 Å². The molecule has 2 atom stereocenters. The van der Waals surface area contributed by atoms with Crippen molar-refractivity contribution < 1.29 is 4.74 Å². The van der Waals surface area contributed by atoms with Gasteiger partial charge < -0.3 is 9.64 Å². The lowest BCUT2D eigenvalue weighted by molar-refractivity contribution is 0.363. The summed E-state index contributed by atoms with van der Waals surface area (Å²) in [6, 6.07) is 59.1. The number of nitrogens with zero attached hydrogens (tertiary/aromatic N) is 3. The lowest BCUT2D eigenvalue weighted by Gasteiger charge is -2.41. The van der Waals surface area contributed by atoms with E-state index in [1.54, 1.807) is 0 Å². The van der Waals surface area contributed by atoms with Crippen LogP contribution < -0.4 is 4.74 Å². The summed E-state index contributed by atoms with van der Waals surface area (Å²) in [6.07, 6.45) is 6.11. The molecule has 4 nitrogen and oxygen atoms in total. The molecule has 12 rings (SSSR count). The van der Waals surface area contributed by atoms with Crippen LogP contribution in [0.25, 0.3) is 42.4 Å². The summed E-state index contributed by atoms with van der Waals surface area (Å²) in [5.74, 6) is 3.63. The maximum atomic E-state index is 6.73. The topological polar surface area (TPSA) is 37.2 Å². The van der Waals surface area contributed by atoms with Crippen LogP contribution in [-0.2, 0) is 5.41 Å². The number of aliphatic imine (C=N–C) groups is 2. The molecule has 0 bridgehead atoms. The molecule has 1 aromatic heterocycles. The van der Waals surface area contributed by atoms with Crippen molar-refractivity contribution in [2.75, 3.05) is 7.05 Å². The molecule has 8 aromatic rings. The van der Waals surface area contributed by atoms with Crippen molar-refractivity contribution in [2.24, 2.45) is 9.98 Å². The van der Waals surface area contributed by atoms with Crippen LogP contribution in [0, 0.1) is 0 Å². The lowest BCUT2D eigenvalue weighted by Crippen LogP contribution is -2.36. The Morgan fingerprint density at radius 2 is 1.33 bits per heavy atom. The molecular weight excluding hydrogens is 727 g/mol. The smallest absolute Gasteiger partial charge is 0.160 e. The SMILES string of the molecule is CN1C(c2cccc3c2sc2ccccc23)=NC(c2ccccc2-c2ccccc2)=NC1c1cccc2c1-c1ccccc1C21C2=C(CCC=C2)Oc2ccccc21. The third-order valence-electron chi connectivity index (χ3n) is 12.5. The van der Waals surface area contributed by atoms with Gasteiger partial charge in [0.15, 0.2) is 12.0 Å². The summed E-state index contributed by atoms with van der Waals surface area (Å²) in [4.78, 5) is 13.6. The molecule has 4 aliphatic rings. The number of hydrogen-bond donors (Lipinski definition) is 0. The molecule has 0 radical (unpaired) electrons. The number of ether oxygens (including phenoxy) is 1. The molecule has 2 aliphatic carbocycles. The zero-order valence-electron chi connectivity index (χ0n) is 31.9. The van der Waals surface area contributed by atoms with Gasteiger partial charge in [0.05, 0.1) is 5.41 Å². The minimum Gasteiger partial charge on any atom is -0.461 e. The first kappa shape index (κ1) is 33.3. The van der Waals surface area contributed by atoms with Gasteiger partial charge in [-0.1, -0.05) is 158 Å². The van der Waals surface area contributed by atoms with Gasteiger partial charge in [-0.25, -0.2) is 9.98 Å². The molecule has 5 heteroatoms. The Labute approximate surface area is 341 Å². The van der Waals surface area contributed by atoms with E-state index in [1.165, 1.54) is 53.6 Å². The normalized spacial score (nSPS) is 19.1. The first-order valence-corrected chi connectivity index (χ1v) is 20.9. The van der Waals surface area contributed by atoms with Crippen LogP contribution >= 0.6 is 11.3 Å². The Morgan fingerprint density at radius 3 is 2.22 bits per heavy atom. The van der Waals surface area contributed by atoms with Crippen molar-refractivity contribution in [1.29, 1.82) is 0 Å². The van der Waals surface area contributed by atoms with E-state index in [-0.39, 0.29) is 6.17 Å². The molecular formula is C53H37N3OS. The summed E-state index contributed by atoms with van der Waals surface area (Å²) < 4.78 is 9.23. The average molecular weight is 764 g/mol. The van der Waals surface area contributed by atoms with Gasteiger partial charge in [-0.2, -0.15) is 0 Å². The van der Waals surface area contributed by atoms with Gasteiger partial charge in [-0.15, -0.1) is 11.3 Å². The van der Waals surface area contributed by atoms with Gasteiger partial charge in [0, 0.05) is 61.5 Å². The molecule has 0 amide bonds. The van der Waals surface area contributed by atoms with Gasteiger partial charge in [0.2, 0.25) is 0 Å². The third kappa shape index (κ3) is 4.68. The molecule has 0 fully saturated rings. The fourth-order valence-electron chi connectivity index (χ4n) is 10.0. The van der Waals surface area contributed by atoms with E-state index in [1.807, 2.05) is 11.3 Å². The second-order valence-corrected chi connectivity index (χ2v) is 16.6. The predicted octanol–water partition coefficient (Wildman–Crippen LogP) is 12.9. The summed E-state index contributed by atoms with van der Waals surface area (Å²) in [7, 11) is 2.17. The second-order valence-electron chi connectivity index (χ2n) is 15.5. The lowest BCUT2D eigenvalue weighted by atomic mass is 9.64. The fourth-order valence-corrected chi connectivity index (χ4v) is 11.2. The van der Waals surface area contributed by atoms with E-state index in [0.717, 1.165) is 63.8 Å². The van der Waals surface area contributed by atoms with Gasteiger partial charge in [0.25, 0.3) is 0 Å². The van der Waals surface area contributed by atoms with Crippen LogP contribution in [0.4, 0.5) is 0 Å². The van der Waals surface area contributed by atoms with Crippen LogP contribution in [0.1, 0.15) is 52.4 Å². The number of rotatable bonds is 4. The number of fused-ring (bicyclic) bond motifs is 11. The van der Waals surface area contributed by atoms with E-state index in [9.17, 15) is 0 Å². The number of hydrogen-bond acceptors (Lipinski definition) is 5. The zero-order chi connectivity index (χ0) is 38.4. The Bertz CT molecular complexity index is 3130. The Morgan fingerprint density at radius 1 is 0.638 bits per heavy atom. The summed E-state index contributed by atoms with van der Waals surface area (Å²) in [6.45, 7) is 0. The van der Waals surface area contributed by atoms with E-state index in [0.29, 0.717) is 0 Å². The van der Waals surface area contributed by atoms with Crippen LogP contribution in [0.5, 0.6) is 5.75 Å². The molecule has 58 heavy (non-hydrogen) atoms. The molecule has 2 aliphatic heterocycles. The Kier molecular flexibility index (Phi) is 7.39. The van der Waals surface area contributed by atoms with E-state index in [2.05, 4.69) is 188 Å². The van der Waals surface area contributed by atoms with Crippen molar-refractivity contribution >= 4 is 43.2 Å². The number of thiophene rings is 1. The van der Waals surface area contributed by atoms with Gasteiger partial charge in [-0.05, 0) is 58.0 Å². The minimum atomic E-state index is -0.525. The molecule has 1 spiro atoms. The highest BCUT2D eigenvalue weighted by Crippen LogP contribution is 2.62. The maximum absolute atomic E-state index is 6.73. The van der Waals surface area contributed by atoms with Gasteiger partial charge >= 0.3 is 0 Å². The molecule has 0 saturated carbocycles. The van der Waals surface area contributed by atoms with Crippen LogP contribution in [-0.4, -0.2) is 23.6 Å². The predicted molar refractivity (Wildman–Crippen MR) is 239 cm³/mol. The van der Waals surface area contributed by atoms with Crippen LogP contribution in [0.15, 0.2) is 197 Å². The fraction of sp³-hybridized carbons (Fsp3) is 0.0943. The second kappa shape index (κ2) is 12.9. The quantitative estimate of drug-likeness (QED) is 0.179. The Balaban J connectivity index is 1.13. The van der Waals surface area contributed by atoms with E-state index < -0.39 is 5.41 Å². The number of amidine groups is 2. The molecule has 0 N–H and O–H groups in total. The van der Waals surface area contributed by atoms with Gasteiger partial charge in [0.1, 0.15) is 17.3 Å². The third-order valence-corrected chi connectivity index (χ3v) is 13.7. The summed E-state index contributed by atoms with van der Waals surface area (Å²) >= 11 is 1.84. The van der Waals surface area contributed by atoms with Crippen LogP contribution in [0.3, 0.4) is 0 Å². The standard InChI is InChI=1S/C53H37N3OS/c1-56-51(39-24-16-29-44-48(39)38-22-7-9-26-41(38)53(44)42-27-10-12-30-45(42)57-46-31-13-11-28-43(46)53)54-50(37-21-6-5-19-34(37)33-17-3-2-4-18-33)55-52(56)40-25-15-23-36-35-20-8-14-32-47(35)58-49(36)40/h2-12,14-30,32,51H,13,31H2,1H3. The average Bonchev–Trinajstić information content (AvgIpc) is 3.81. The highest BCUT2D eigenvalue weighted by molar-refractivity contribution is 7.26. The van der Waals surface area contributed by atoms with Crippen molar-refractivity contribution in [3.05, 3.63) is 221 Å². The van der Waals surface area contributed by atoms with Crippen molar-refractivity contribution in [2.45, 2.75) is 24.4 Å². The van der Waals surface area contributed by atoms with Crippen molar-refractivity contribution in [1.82, 2.24) is 4.90 Å². The minimum absolute atomic E-state index is 0.375. The Hall–Kier alpha value is -6.82. The summed E-state index contributed by atoms with van der Waals surface area (Å²) in [5.41, 5.74) is 12.4. The van der Waals surface area contributed by atoms with E-state index in [4.69, 9.17) is 14.7 Å². The molecule has 3 heterocycles. The molecule has 7 aromatic carbocycles. The van der Waals surface area contributed by atoms with Crippen LogP contribution in [0.2, 0.25) is 0 Å². The highest BCUT2D eigenvalue weighted by Gasteiger charge is 2.53. The highest BCUT2D eigenvalue weighted by atomic mass is 32.1. The largest absolute Gasteiger partial charge is 0.461 e. The first-order chi connectivity index (χ1) is 28.7. The van der Waals surface area contributed by atoms with Gasteiger partial charge in [-0.3, -0.25) is 0 Å². The molecule has 2 unspecified atom stereocenters. The van der Waals surface area contributed by atoms with Crippen molar-refractivity contribution in [3.63, 3.8) is 0 Å². The monoisotopic (exact) mass is 763 g/mol. The molecule has 0 saturated heterocycles. The zero-order valence-corrected chi connectivity index (χ0v) is 32.7. The van der Waals surface area contributed by atoms with E-state index >= 15 is 0 Å². The number of allylic oxidation sites excluding steroid dienone is 4. The number of benzene rings is 7.